The molecule has 0 saturated heterocycles. The van der Waals surface area contributed by atoms with Crippen molar-refractivity contribution in [2.24, 2.45) is 23.2 Å². The van der Waals surface area contributed by atoms with E-state index in [1.165, 1.54) is 40.8 Å². The number of hydrogen-bond donors (Lipinski definition) is 0. The van der Waals surface area contributed by atoms with Crippen molar-refractivity contribution in [1.29, 1.82) is 0 Å². The summed E-state index contributed by atoms with van der Waals surface area (Å²) in [5, 5.41) is 0. The molecule has 218 valence electrons. The van der Waals surface area contributed by atoms with Crippen LogP contribution in [-0.2, 0) is 8.98 Å². The minimum Gasteiger partial charge on any atom is -0.401 e. The fraction of sp³-hybridized carbons (Fsp3) is 0.500. The number of rotatable bonds is 8. The van der Waals surface area contributed by atoms with Gasteiger partial charge in [-0.05, 0) is 125 Å². The molecule has 2 nitrogen and oxygen atoms in total. The third-order valence-corrected chi connectivity index (χ3v) is 13.5. The van der Waals surface area contributed by atoms with E-state index in [0.29, 0.717) is 35.5 Å². The van der Waals surface area contributed by atoms with E-state index in [4.69, 9.17) is 4.18 Å². The van der Waals surface area contributed by atoms with E-state index in [0.717, 1.165) is 29.1 Å². The molecule has 0 unspecified atom stereocenters. The van der Waals surface area contributed by atoms with Crippen LogP contribution in [0.1, 0.15) is 115 Å². The molecule has 0 radical (unpaired) electrons. The van der Waals surface area contributed by atoms with Crippen LogP contribution in [0.4, 0.5) is 0 Å². The summed E-state index contributed by atoms with van der Waals surface area (Å²) in [6.07, 6.45) is 6.97. The number of carbonyl (C=O) groups excluding carboxylic acids is 1. The number of hydrogen-bond acceptors (Lipinski definition) is 2. The normalized spacial score (nSPS) is 25.7. The summed E-state index contributed by atoms with van der Waals surface area (Å²) in [6, 6.07) is 26.3. The topological polar surface area (TPSA) is 26.3 Å². The van der Waals surface area contributed by atoms with Crippen molar-refractivity contribution >= 4 is 16.3 Å². The fourth-order valence-electron chi connectivity index (χ4n) is 8.52. The number of benzene rings is 3. The van der Waals surface area contributed by atoms with E-state index < -0.39 is 10.3 Å². The largest absolute Gasteiger partial charge is 0.401 e. The highest BCUT2D eigenvalue weighted by Crippen LogP contribution is 2.73. The Morgan fingerprint density at radius 3 is 1.46 bits per heavy atom. The van der Waals surface area contributed by atoms with E-state index in [1.807, 2.05) is 0 Å². The molecule has 4 aliphatic rings. The van der Waals surface area contributed by atoms with Gasteiger partial charge in [0.25, 0.3) is 0 Å². The summed E-state index contributed by atoms with van der Waals surface area (Å²) >= 11 is 0. The highest BCUT2D eigenvalue weighted by atomic mass is 32.3. The average Bonchev–Trinajstić information content (AvgIpc) is 2.95. The first-order chi connectivity index (χ1) is 19.6. The van der Waals surface area contributed by atoms with Crippen LogP contribution in [0.25, 0.3) is 0 Å². The Kier molecular flexibility index (Phi) is 7.64. The summed E-state index contributed by atoms with van der Waals surface area (Å²) in [4.78, 5) is 18.5. The van der Waals surface area contributed by atoms with Gasteiger partial charge in [0.1, 0.15) is 0 Å². The Bertz CT molecular complexity index is 1280. The highest BCUT2D eigenvalue weighted by molar-refractivity contribution is 8.30. The van der Waals surface area contributed by atoms with Crippen LogP contribution < -0.4 is 0 Å². The van der Waals surface area contributed by atoms with E-state index in [2.05, 4.69) is 114 Å². The van der Waals surface area contributed by atoms with Crippen LogP contribution in [0.3, 0.4) is 0 Å². The molecule has 4 saturated carbocycles. The Morgan fingerprint density at radius 2 is 1.10 bits per heavy atom. The van der Waals surface area contributed by atoms with Crippen molar-refractivity contribution < 1.29 is 8.98 Å². The van der Waals surface area contributed by atoms with Gasteiger partial charge in [0.05, 0.1) is 5.41 Å². The van der Waals surface area contributed by atoms with Gasteiger partial charge in [0, 0.05) is 14.7 Å². The molecule has 41 heavy (non-hydrogen) atoms. The zero-order valence-corrected chi connectivity index (χ0v) is 26.7. The molecule has 3 aromatic rings. The summed E-state index contributed by atoms with van der Waals surface area (Å²) in [5.74, 6) is 3.14. The monoisotopic (exact) mass is 568 g/mol. The minimum absolute atomic E-state index is 0.0663. The smallest absolute Gasteiger partial charge is 0.323 e. The summed E-state index contributed by atoms with van der Waals surface area (Å²) in [5.41, 5.74) is 3.68. The van der Waals surface area contributed by atoms with Gasteiger partial charge in [-0.1, -0.05) is 90.1 Å². The Morgan fingerprint density at radius 1 is 0.683 bits per heavy atom. The molecule has 0 atom stereocenters. The average molecular weight is 569 g/mol. The third-order valence-electron chi connectivity index (χ3n) is 10.2. The first-order valence-corrected chi connectivity index (χ1v) is 17.5. The maximum atomic E-state index is 15.0. The molecule has 7 rings (SSSR count). The van der Waals surface area contributed by atoms with Crippen molar-refractivity contribution in [3.63, 3.8) is 0 Å². The lowest BCUT2D eigenvalue weighted by Gasteiger charge is -2.56. The summed E-state index contributed by atoms with van der Waals surface area (Å²) < 4.78 is 7.41. The molecule has 3 heteroatoms. The van der Waals surface area contributed by atoms with E-state index in [-0.39, 0.29) is 11.4 Å². The van der Waals surface area contributed by atoms with Crippen LogP contribution in [0, 0.1) is 23.2 Å². The van der Waals surface area contributed by atoms with Crippen LogP contribution in [0.15, 0.2) is 87.5 Å². The van der Waals surface area contributed by atoms with Gasteiger partial charge >= 0.3 is 5.97 Å². The predicted octanol–water partition coefficient (Wildman–Crippen LogP) is 11.0. The van der Waals surface area contributed by atoms with Crippen molar-refractivity contribution in [2.75, 3.05) is 0 Å². The van der Waals surface area contributed by atoms with Gasteiger partial charge < -0.3 is 4.18 Å². The van der Waals surface area contributed by atoms with Crippen molar-refractivity contribution in [3.05, 3.63) is 89.5 Å². The molecule has 0 aliphatic heterocycles. The van der Waals surface area contributed by atoms with Crippen molar-refractivity contribution in [3.8, 4) is 0 Å². The number of carbonyl (C=O) groups is 1. The van der Waals surface area contributed by atoms with Gasteiger partial charge in [-0.3, -0.25) is 4.79 Å². The van der Waals surface area contributed by atoms with E-state index >= 15 is 0 Å². The van der Waals surface area contributed by atoms with Crippen LogP contribution in [-0.4, -0.2) is 5.97 Å². The molecular weight excluding hydrogens is 520 g/mol. The standard InChI is InChI=1S/C38H48O2S/c1-25(2)31-20-34(26(3)4)36(35(21-31)27(5)6)41(32-13-9-7-10-14-32,33-15-11-8-12-16-33)40-37(39)38-22-28-17-29(23-38)19-30(18-28)24-38/h7-16,20-21,25-30H,17-19,22-24H2,1-6H3. The van der Waals surface area contributed by atoms with Gasteiger partial charge in [-0.25, -0.2) is 0 Å². The molecule has 4 aliphatic carbocycles. The lowest BCUT2D eigenvalue weighted by atomic mass is 9.49. The predicted molar refractivity (Wildman–Crippen MR) is 171 cm³/mol. The second kappa shape index (κ2) is 11.0. The second-order valence-electron chi connectivity index (χ2n) is 14.2. The second-order valence-corrected chi connectivity index (χ2v) is 16.9. The first kappa shape index (κ1) is 28.6. The zero-order chi connectivity index (χ0) is 28.9. The van der Waals surface area contributed by atoms with Crippen molar-refractivity contribution in [2.45, 2.75) is 113 Å². The van der Waals surface area contributed by atoms with Gasteiger partial charge in [-0.2, -0.15) is 0 Å². The third kappa shape index (κ3) is 4.97. The van der Waals surface area contributed by atoms with Crippen LogP contribution in [0.2, 0.25) is 0 Å². The minimum atomic E-state index is -2.37. The highest BCUT2D eigenvalue weighted by Gasteiger charge is 2.57. The summed E-state index contributed by atoms with van der Waals surface area (Å²) in [6.45, 7) is 13.8. The molecule has 0 aromatic heterocycles. The van der Waals surface area contributed by atoms with Crippen molar-refractivity contribution in [1.82, 2.24) is 0 Å². The van der Waals surface area contributed by atoms with E-state index in [9.17, 15) is 4.79 Å². The quantitative estimate of drug-likeness (QED) is 0.270. The molecule has 4 fully saturated rings. The first-order valence-electron chi connectivity index (χ1n) is 16.0. The molecular formula is C38H48O2S. The maximum Gasteiger partial charge on any atom is 0.323 e. The van der Waals surface area contributed by atoms with Gasteiger partial charge in [0.2, 0.25) is 0 Å². The molecule has 3 aromatic carbocycles. The van der Waals surface area contributed by atoms with E-state index in [1.54, 1.807) is 0 Å². The van der Waals surface area contributed by atoms with Crippen LogP contribution >= 0.6 is 10.3 Å². The molecule has 0 spiro atoms. The van der Waals surface area contributed by atoms with Gasteiger partial charge in [0.15, 0.2) is 0 Å². The van der Waals surface area contributed by atoms with Gasteiger partial charge in [-0.15, -0.1) is 0 Å². The van der Waals surface area contributed by atoms with Crippen LogP contribution in [0.5, 0.6) is 0 Å². The molecule has 4 bridgehead atoms. The molecule has 0 N–H and O–H groups in total. The summed E-state index contributed by atoms with van der Waals surface area (Å²) in [7, 11) is -2.37. The lowest BCUT2D eigenvalue weighted by molar-refractivity contribution is -0.160. The Labute approximate surface area is 249 Å². The molecule has 0 heterocycles. The maximum absolute atomic E-state index is 15.0. The lowest BCUT2D eigenvalue weighted by Crippen LogP contribution is -2.50. The Hall–Kier alpha value is -2.52. The fourth-order valence-corrected chi connectivity index (χ4v) is 12.3. The Balaban J connectivity index is 1.64. The SMILES string of the molecule is CC(C)c1cc(C(C)C)c(S(OC(=O)C23CC4CC(CC(C4)C2)C3)(c2ccccc2)c2ccccc2)c(C(C)C)c1. The zero-order valence-electron chi connectivity index (χ0n) is 25.9. The molecule has 0 amide bonds.